The second-order valence-corrected chi connectivity index (χ2v) is 3.16. The maximum absolute atomic E-state index is 7.25. The van der Waals surface area contributed by atoms with Crippen LogP contribution in [0.5, 0.6) is 0 Å². The third-order valence-corrected chi connectivity index (χ3v) is 2.03. The quantitative estimate of drug-likeness (QED) is 0.362. The van der Waals surface area contributed by atoms with E-state index in [1.54, 1.807) is 12.1 Å². The lowest BCUT2D eigenvalue weighted by Crippen LogP contribution is -2.10. The van der Waals surface area contributed by atoms with Crippen LogP contribution in [0.2, 0.25) is 0 Å². The van der Waals surface area contributed by atoms with E-state index in [9.17, 15) is 0 Å². The lowest BCUT2D eigenvalue weighted by molar-refractivity contribution is 1.30. The summed E-state index contributed by atoms with van der Waals surface area (Å²) in [4.78, 5) is 5.93. The van der Waals surface area contributed by atoms with Gasteiger partial charge in [-0.15, -0.1) is 24.8 Å². The standard InChI is InChI=1S/C8H8N4S.2ClH/c9-7(10)4-1-2-5-6(3-4)12-8(13)11-5;;/h1-3H,(H3,9,10)(H2,11,12,13);2*1H. The smallest absolute Gasteiger partial charge is 0.175 e. The molecule has 0 amide bonds. The molecule has 15 heavy (non-hydrogen) atoms. The summed E-state index contributed by atoms with van der Waals surface area (Å²) in [6.45, 7) is 0. The molecule has 0 spiro atoms. The first kappa shape index (κ1) is 14.0. The zero-order chi connectivity index (χ0) is 9.42. The first-order valence-electron chi connectivity index (χ1n) is 3.73. The van der Waals surface area contributed by atoms with Crippen LogP contribution in [0.15, 0.2) is 18.2 Å². The second-order valence-electron chi connectivity index (χ2n) is 2.75. The number of nitrogen functional groups attached to an aromatic ring is 1. The summed E-state index contributed by atoms with van der Waals surface area (Å²) in [7, 11) is 0. The van der Waals surface area contributed by atoms with Crippen molar-refractivity contribution in [3.05, 3.63) is 28.5 Å². The number of fused-ring (bicyclic) bond motifs is 1. The number of hydrogen-bond donors (Lipinski definition) is 4. The molecule has 0 unspecified atom stereocenters. The van der Waals surface area contributed by atoms with Gasteiger partial charge in [0.2, 0.25) is 0 Å². The van der Waals surface area contributed by atoms with Crippen molar-refractivity contribution >= 4 is 53.9 Å². The molecule has 0 aliphatic heterocycles. The molecule has 1 aromatic heterocycles. The predicted molar refractivity (Wildman–Crippen MR) is 69.0 cm³/mol. The van der Waals surface area contributed by atoms with E-state index in [0.717, 1.165) is 11.0 Å². The van der Waals surface area contributed by atoms with E-state index in [0.29, 0.717) is 10.3 Å². The molecule has 0 atom stereocenters. The van der Waals surface area contributed by atoms with Gasteiger partial charge >= 0.3 is 0 Å². The number of aromatic amines is 2. The molecule has 2 rings (SSSR count). The van der Waals surface area contributed by atoms with Crippen LogP contribution < -0.4 is 5.73 Å². The van der Waals surface area contributed by atoms with Gasteiger partial charge in [0.05, 0.1) is 11.0 Å². The van der Waals surface area contributed by atoms with E-state index in [1.165, 1.54) is 0 Å². The maximum Gasteiger partial charge on any atom is 0.175 e. The van der Waals surface area contributed by atoms with Gasteiger partial charge in [-0.05, 0) is 30.4 Å². The number of benzene rings is 1. The summed E-state index contributed by atoms with van der Waals surface area (Å²) >= 11 is 4.93. The van der Waals surface area contributed by atoms with Crippen molar-refractivity contribution in [2.24, 2.45) is 5.73 Å². The number of H-pyrrole nitrogens is 2. The Morgan fingerprint density at radius 1 is 1.20 bits per heavy atom. The number of imidazole rings is 1. The molecule has 0 aliphatic carbocycles. The average molecular weight is 265 g/mol. The van der Waals surface area contributed by atoms with Crippen molar-refractivity contribution in [1.82, 2.24) is 9.97 Å². The second kappa shape index (κ2) is 5.16. The number of amidine groups is 1. The molecule has 0 radical (unpaired) electrons. The number of nitrogens with two attached hydrogens (primary N) is 1. The fourth-order valence-electron chi connectivity index (χ4n) is 1.20. The van der Waals surface area contributed by atoms with Gasteiger partial charge in [0.15, 0.2) is 4.77 Å². The molecule has 1 heterocycles. The Kier molecular flexibility index (Phi) is 4.80. The number of rotatable bonds is 1. The molecule has 2 aromatic rings. The summed E-state index contributed by atoms with van der Waals surface area (Å²) in [6, 6.07) is 5.42. The Balaban J connectivity index is 0.000000980. The van der Waals surface area contributed by atoms with E-state index in [2.05, 4.69) is 9.97 Å². The fraction of sp³-hybridized carbons (Fsp3) is 0. The summed E-state index contributed by atoms with van der Waals surface area (Å²) in [5, 5.41) is 7.25. The first-order valence-corrected chi connectivity index (χ1v) is 4.14. The highest BCUT2D eigenvalue weighted by molar-refractivity contribution is 7.71. The molecule has 0 bridgehead atoms. The van der Waals surface area contributed by atoms with Gasteiger partial charge in [0, 0.05) is 5.56 Å². The lowest BCUT2D eigenvalue weighted by Gasteiger charge is -1.96. The Morgan fingerprint density at radius 2 is 1.80 bits per heavy atom. The van der Waals surface area contributed by atoms with Crippen molar-refractivity contribution in [2.45, 2.75) is 0 Å². The highest BCUT2D eigenvalue weighted by Crippen LogP contribution is 2.11. The fourth-order valence-corrected chi connectivity index (χ4v) is 1.42. The van der Waals surface area contributed by atoms with E-state index in [-0.39, 0.29) is 30.6 Å². The predicted octanol–water partition coefficient (Wildman–Crippen LogP) is 2.35. The van der Waals surface area contributed by atoms with Gasteiger partial charge in [-0.1, -0.05) is 0 Å². The van der Waals surface area contributed by atoms with Gasteiger partial charge < -0.3 is 15.7 Å². The van der Waals surface area contributed by atoms with Crippen molar-refractivity contribution in [1.29, 1.82) is 5.41 Å². The topological polar surface area (TPSA) is 81.4 Å². The van der Waals surface area contributed by atoms with Crippen LogP contribution in [0.1, 0.15) is 5.56 Å². The minimum Gasteiger partial charge on any atom is -0.384 e. The van der Waals surface area contributed by atoms with Crippen LogP contribution >= 0.6 is 37.0 Å². The average Bonchev–Trinajstić information content (AvgIpc) is 2.42. The highest BCUT2D eigenvalue weighted by atomic mass is 35.5. The number of aromatic nitrogens is 2. The molecule has 7 heteroatoms. The Morgan fingerprint density at radius 3 is 2.40 bits per heavy atom. The number of halogens is 2. The molecular formula is C8H10Cl2N4S. The summed E-state index contributed by atoms with van der Waals surface area (Å²) in [5.41, 5.74) is 7.84. The molecule has 5 N–H and O–H groups in total. The van der Waals surface area contributed by atoms with Crippen LogP contribution in [-0.2, 0) is 0 Å². The van der Waals surface area contributed by atoms with E-state index in [4.69, 9.17) is 23.4 Å². The molecular weight excluding hydrogens is 255 g/mol. The Bertz CT molecular complexity index is 531. The normalized spacial score (nSPS) is 9.07. The number of hydrogen-bond acceptors (Lipinski definition) is 2. The van der Waals surface area contributed by atoms with Gasteiger partial charge in [0.1, 0.15) is 5.84 Å². The van der Waals surface area contributed by atoms with Crippen molar-refractivity contribution < 1.29 is 0 Å². The van der Waals surface area contributed by atoms with Gasteiger partial charge in [0.25, 0.3) is 0 Å². The van der Waals surface area contributed by atoms with Crippen molar-refractivity contribution in [3.8, 4) is 0 Å². The SMILES string of the molecule is Cl.Cl.N=C(N)c1ccc2[nH]c(=S)[nH]c2c1. The zero-order valence-electron chi connectivity index (χ0n) is 7.53. The van der Waals surface area contributed by atoms with Crippen LogP contribution in [0, 0.1) is 10.2 Å². The van der Waals surface area contributed by atoms with Crippen LogP contribution in [0.4, 0.5) is 0 Å². The Labute approximate surface area is 104 Å². The lowest BCUT2D eigenvalue weighted by atomic mass is 10.2. The van der Waals surface area contributed by atoms with Crippen LogP contribution in [0.25, 0.3) is 11.0 Å². The zero-order valence-corrected chi connectivity index (χ0v) is 9.98. The number of nitrogens with one attached hydrogen (secondary N) is 3. The minimum atomic E-state index is 0. The monoisotopic (exact) mass is 264 g/mol. The summed E-state index contributed by atoms with van der Waals surface area (Å²) in [5.74, 6) is 0.0578. The largest absolute Gasteiger partial charge is 0.384 e. The highest BCUT2D eigenvalue weighted by Gasteiger charge is 1.99. The molecule has 82 valence electrons. The Hall–Kier alpha value is -1.04. The molecule has 4 nitrogen and oxygen atoms in total. The summed E-state index contributed by atoms with van der Waals surface area (Å²) in [6.07, 6.45) is 0. The third kappa shape index (κ3) is 2.71. The van der Waals surface area contributed by atoms with Gasteiger partial charge in [-0.25, -0.2) is 0 Å². The van der Waals surface area contributed by atoms with Crippen molar-refractivity contribution in [3.63, 3.8) is 0 Å². The van der Waals surface area contributed by atoms with Gasteiger partial charge in [-0.2, -0.15) is 0 Å². The third-order valence-electron chi connectivity index (χ3n) is 1.83. The maximum atomic E-state index is 7.25. The van der Waals surface area contributed by atoms with Crippen LogP contribution in [0.3, 0.4) is 0 Å². The summed E-state index contributed by atoms with van der Waals surface area (Å²) < 4.78 is 0.579. The molecule has 0 saturated heterocycles. The minimum absolute atomic E-state index is 0. The first-order chi connectivity index (χ1) is 6.16. The molecule has 0 saturated carbocycles. The molecule has 0 fully saturated rings. The van der Waals surface area contributed by atoms with Crippen LogP contribution in [-0.4, -0.2) is 15.8 Å². The molecule has 0 aliphatic rings. The molecule has 1 aromatic carbocycles. The van der Waals surface area contributed by atoms with Crippen molar-refractivity contribution in [2.75, 3.05) is 0 Å². The van der Waals surface area contributed by atoms with E-state index >= 15 is 0 Å². The van der Waals surface area contributed by atoms with Gasteiger partial charge in [-0.3, -0.25) is 5.41 Å². The van der Waals surface area contributed by atoms with E-state index in [1.807, 2.05) is 6.07 Å². The van der Waals surface area contributed by atoms with E-state index < -0.39 is 0 Å².